The Hall–Kier alpha value is 0.270. The van der Waals surface area contributed by atoms with Crippen LogP contribution in [0.2, 0.25) is 0 Å². The summed E-state index contributed by atoms with van der Waals surface area (Å²) < 4.78 is 0. The van der Waals surface area contributed by atoms with E-state index in [9.17, 15) is 0 Å². The van der Waals surface area contributed by atoms with E-state index in [2.05, 4.69) is 35.2 Å². The Kier molecular flexibility index (Phi) is 5.64. The van der Waals surface area contributed by atoms with Gasteiger partial charge in [0.1, 0.15) is 0 Å². The van der Waals surface area contributed by atoms with E-state index in [1.807, 2.05) is 0 Å². The van der Waals surface area contributed by atoms with E-state index in [-0.39, 0.29) is 0 Å². The predicted molar refractivity (Wildman–Crippen MR) is 77.8 cm³/mol. The van der Waals surface area contributed by atoms with Crippen LogP contribution >= 0.6 is 11.8 Å². The molecular weight excluding hydrogens is 228 g/mol. The fourth-order valence-corrected chi connectivity index (χ4v) is 4.12. The van der Waals surface area contributed by atoms with Gasteiger partial charge in [-0.25, -0.2) is 0 Å². The third kappa shape index (κ3) is 3.87. The lowest BCUT2D eigenvalue weighted by molar-refractivity contribution is 0.190. The lowest BCUT2D eigenvalue weighted by Crippen LogP contribution is -2.40. The van der Waals surface area contributed by atoms with Crippen LogP contribution in [0.4, 0.5) is 0 Å². The van der Waals surface area contributed by atoms with Crippen LogP contribution in [0, 0.1) is 0 Å². The van der Waals surface area contributed by atoms with Crippen LogP contribution in [0.25, 0.3) is 0 Å². The maximum atomic E-state index is 3.68. The van der Waals surface area contributed by atoms with Gasteiger partial charge in [0.2, 0.25) is 0 Å². The second kappa shape index (κ2) is 7.01. The lowest BCUT2D eigenvalue weighted by Gasteiger charge is -2.34. The number of rotatable bonds is 5. The SMILES string of the molecule is CCCNC1CCN(C2CCCC(SC)C2)C1. The maximum Gasteiger partial charge on any atom is 0.0207 e. The van der Waals surface area contributed by atoms with E-state index >= 15 is 0 Å². The molecular formula is C14H28N2S. The molecule has 3 heteroatoms. The van der Waals surface area contributed by atoms with Crippen LogP contribution in [0.5, 0.6) is 0 Å². The third-order valence-electron chi connectivity index (χ3n) is 4.35. The van der Waals surface area contributed by atoms with Crippen molar-refractivity contribution >= 4 is 11.8 Å². The molecule has 100 valence electrons. The zero-order valence-electron chi connectivity index (χ0n) is 11.5. The van der Waals surface area contributed by atoms with Crippen molar-refractivity contribution in [2.24, 2.45) is 0 Å². The average Bonchev–Trinajstić information content (AvgIpc) is 2.85. The van der Waals surface area contributed by atoms with E-state index in [1.165, 1.54) is 58.2 Å². The van der Waals surface area contributed by atoms with Gasteiger partial charge >= 0.3 is 0 Å². The predicted octanol–water partition coefficient (Wildman–Crippen LogP) is 2.73. The molecule has 1 saturated heterocycles. The highest BCUT2D eigenvalue weighted by Gasteiger charge is 2.31. The molecule has 2 fully saturated rings. The van der Waals surface area contributed by atoms with Crippen molar-refractivity contribution in [1.29, 1.82) is 0 Å². The topological polar surface area (TPSA) is 15.3 Å². The first-order chi connectivity index (χ1) is 8.33. The lowest BCUT2D eigenvalue weighted by atomic mass is 9.94. The van der Waals surface area contributed by atoms with Crippen LogP contribution in [-0.4, -0.2) is 48.1 Å². The van der Waals surface area contributed by atoms with Crippen molar-refractivity contribution in [3.8, 4) is 0 Å². The Morgan fingerprint density at radius 1 is 1.29 bits per heavy atom. The summed E-state index contributed by atoms with van der Waals surface area (Å²) in [4.78, 5) is 2.76. The van der Waals surface area contributed by atoms with E-state index in [0.29, 0.717) is 0 Å². The minimum Gasteiger partial charge on any atom is -0.313 e. The largest absolute Gasteiger partial charge is 0.313 e. The summed E-state index contributed by atoms with van der Waals surface area (Å²) in [5, 5.41) is 4.61. The Bertz CT molecular complexity index is 222. The summed E-state index contributed by atoms with van der Waals surface area (Å²) in [6.07, 6.45) is 10.7. The molecule has 0 aromatic heterocycles. The summed E-state index contributed by atoms with van der Waals surface area (Å²) in [5.41, 5.74) is 0. The normalized spacial score (nSPS) is 35.3. The Morgan fingerprint density at radius 2 is 2.18 bits per heavy atom. The first-order valence-electron chi connectivity index (χ1n) is 7.33. The number of likely N-dealkylation sites (tertiary alicyclic amines) is 1. The van der Waals surface area contributed by atoms with Crippen molar-refractivity contribution in [1.82, 2.24) is 10.2 Å². The van der Waals surface area contributed by atoms with Crippen molar-refractivity contribution in [3.05, 3.63) is 0 Å². The van der Waals surface area contributed by atoms with Gasteiger partial charge in [0.25, 0.3) is 0 Å². The van der Waals surface area contributed by atoms with Gasteiger partial charge in [-0.1, -0.05) is 13.3 Å². The van der Waals surface area contributed by atoms with Crippen molar-refractivity contribution in [2.45, 2.75) is 62.8 Å². The van der Waals surface area contributed by atoms with Crippen LogP contribution in [0.3, 0.4) is 0 Å². The molecule has 2 nitrogen and oxygen atoms in total. The smallest absolute Gasteiger partial charge is 0.0207 e. The first-order valence-corrected chi connectivity index (χ1v) is 8.62. The molecule has 3 unspecified atom stereocenters. The summed E-state index contributed by atoms with van der Waals surface area (Å²) in [5.74, 6) is 0. The zero-order chi connectivity index (χ0) is 12.1. The molecule has 1 saturated carbocycles. The fourth-order valence-electron chi connectivity index (χ4n) is 3.30. The number of hydrogen-bond donors (Lipinski definition) is 1. The van der Waals surface area contributed by atoms with Gasteiger partial charge in [-0.05, 0) is 44.9 Å². The molecule has 0 aromatic carbocycles. The standard InChI is InChI=1S/C14H28N2S/c1-3-8-15-12-7-9-16(11-12)13-5-4-6-14(10-13)17-2/h12-15H,3-11H2,1-2H3. The average molecular weight is 256 g/mol. The molecule has 3 atom stereocenters. The number of thioether (sulfide) groups is 1. The van der Waals surface area contributed by atoms with Crippen LogP contribution in [0.15, 0.2) is 0 Å². The second-order valence-corrected chi connectivity index (χ2v) is 6.75. The minimum atomic E-state index is 0.768. The molecule has 1 aliphatic heterocycles. The van der Waals surface area contributed by atoms with Crippen molar-refractivity contribution in [3.63, 3.8) is 0 Å². The van der Waals surface area contributed by atoms with Crippen LogP contribution in [-0.2, 0) is 0 Å². The quantitative estimate of drug-likeness (QED) is 0.814. The highest BCUT2D eigenvalue weighted by Crippen LogP contribution is 2.31. The summed E-state index contributed by atoms with van der Waals surface area (Å²) in [7, 11) is 0. The van der Waals surface area contributed by atoms with E-state index in [1.54, 1.807) is 0 Å². The van der Waals surface area contributed by atoms with Gasteiger partial charge in [0.05, 0.1) is 0 Å². The van der Waals surface area contributed by atoms with Gasteiger partial charge in [-0.15, -0.1) is 0 Å². The molecule has 0 amide bonds. The molecule has 0 bridgehead atoms. The molecule has 1 heterocycles. The third-order valence-corrected chi connectivity index (χ3v) is 5.45. The number of nitrogens with zero attached hydrogens (tertiary/aromatic N) is 1. The van der Waals surface area contributed by atoms with Gasteiger partial charge < -0.3 is 5.32 Å². The first kappa shape index (κ1) is 13.7. The zero-order valence-corrected chi connectivity index (χ0v) is 12.3. The van der Waals surface area contributed by atoms with Gasteiger partial charge in [0, 0.05) is 30.4 Å². The molecule has 0 radical (unpaired) electrons. The summed E-state index contributed by atoms with van der Waals surface area (Å²) >= 11 is 2.08. The molecule has 17 heavy (non-hydrogen) atoms. The van der Waals surface area contributed by atoms with Gasteiger partial charge in [0.15, 0.2) is 0 Å². The minimum absolute atomic E-state index is 0.768. The fraction of sp³-hybridized carbons (Fsp3) is 1.00. The van der Waals surface area contributed by atoms with E-state index in [0.717, 1.165) is 17.3 Å². The monoisotopic (exact) mass is 256 g/mol. The molecule has 1 aliphatic carbocycles. The molecule has 2 aliphatic rings. The highest BCUT2D eigenvalue weighted by molar-refractivity contribution is 7.99. The number of hydrogen-bond acceptors (Lipinski definition) is 3. The Balaban J connectivity index is 1.75. The second-order valence-electron chi connectivity index (χ2n) is 5.61. The Morgan fingerprint density at radius 3 is 2.94 bits per heavy atom. The number of nitrogens with one attached hydrogen (secondary N) is 1. The van der Waals surface area contributed by atoms with Crippen molar-refractivity contribution < 1.29 is 0 Å². The maximum absolute atomic E-state index is 3.68. The molecule has 0 spiro atoms. The molecule has 1 N–H and O–H groups in total. The highest BCUT2D eigenvalue weighted by atomic mass is 32.2. The Labute approximate surface area is 111 Å². The molecule has 2 rings (SSSR count). The van der Waals surface area contributed by atoms with Gasteiger partial charge in [-0.3, -0.25) is 4.90 Å². The van der Waals surface area contributed by atoms with Crippen LogP contribution < -0.4 is 5.32 Å². The van der Waals surface area contributed by atoms with Gasteiger partial charge in [-0.2, -0.15) is 11.8 Å². The van der Waals surface area contributed by atoms with Crippen LogP contribution in [0.1, 0.15) is 45.4 Å². The molecule has 0 aromatic rings. The van der Waals surface area contributed by atoms with E-state index < -0.39 is 0 Å². The summed E-state index contributed by atoms with van der Waals surface area (Å²) in [6, 6.07) is 1.65. The van der Waals surface area contributed by atoms with Crippen molar-refractivity contribution in [2.75, 3.05) is 25.9 Å². The van der Waals surface area contributed by atoms with E-state index in [4.69, 9.17) is 0 Å². The summed E-state index contributed by atoms with van der Waals surface area (Å²) in [6.45, 7) is 6.07.